The summed E-state index contributed by atoms with van der Waals surface area (Å²) >= 11 is 3.01. The number of fused-ring (bicyclic) bond motifs is 1. The van der Waals surface area contributed by atoms with Crippen LogP contribution in [0, 0.1) is 0 Å². The molecular weight excluding hydrogens is 328 g/mol. The quantitative estimate of drug-likeness (QED) is 0.898. The van der Waals surface area contributed by atoms with Crippen LogP contribution in [0.15, 0.2) is 18.2 Å². The molecule has 2 aliphatic rings. The van der Waals surface area contributed by atoms with E-state index in [9.17, 15) is 9.90 Å². The van der Waals surface area contributed by atoms with Crippen LogP contribution in [0.2, 0.25) is 0 Å². The van der Waals surface area contributed by atoms with Gasteiger partial charge in [-0.1, -0.05) is 30.3 Å². The van der Waals surface area contributed by atoms with Crippen molar-refractivity contribution in [2.75, 3.05) is 5.32 Å². The van der Waals surface area contributed by atoms with Crippen LogP contribution in [0.3, 0.4) is 0 Å². The van der Waals surface area contributed by atoms with Gasteiger partial charge in [-0.15, -0.1) is 11.3 Å². The van der Waals surface area contributed by atoms with Gasteiger partial charge in [-0.25, -0.2) is 0 Å². The van der Waals surface area contributed by atoms with Crippen LogP contribution in [0.1, 0.15) is 40.9 Å². The molecule has 1 fully saturated rings. The third kappa shape index (κ3) is 2.96. The van der Waals surface area contributed by atoms with Gasteiger partial charge < -0.3 is 10.4 Å². The maximum Gasteiger partial charge on any atom is 0.231 e. The largest absolute Gasteiger partial charge is 0.492 e. The molecule has 118 valence electrons. The summed E-state index contributed by atoms with van der Waals surface area (Å²) in [7, 11) is 0. The number of nitrogens with one attached hydrogen (secondary N) is 1. The molecule has 4 rings (SSSR count). The Morgan fingerprint density at radius 2 is 2.13 bits per heavy atom. The van der Waals surface area contributed by atoms with Gasteiger partial charge in [0.2, 0.25) is 5.88 Å². The fourth-order valence-corrected chi connectivity index (χ4v) is 4.97. The van der Waals surface area contributed by atoms with Gasteiger partial charge in [0.05, 0.1) is 4.88 Å². The van der Waals surface area contributed by atoms with Gasteiger partial charge in [0, 0.05) is 20.7 Å². The minimum atomic E-state index is 0.0375. The van der Waals surface area contributed by atoms with Gasteiger partial charge in [0.15, 0.2) is 10.9 Å². The second-order valence-electron chi connectivity index (χ2n) is 5.79. The Labute approximate surface area is 141 Å². The van der Waals surface area contributed by atoms with Gasteiger partial charge in [-0.3, -0.25) is 4.79 Å². The molecule has 2 aromatic rings. The van der Waals surface area contributed by atoms with Crippen molar-refractivity contribution in [2.24, 2.45) is 0 Å². The maximum absolute atomic E-state index is 11.8. The molecule has 0 aromatic carbocycles. The second kappa shape index (κ2) is 5.94. The number of ketones is 1. The first-order valence-electron chi connectivity index (χ1n) is 7.70. The zero-order valence-corrected chi connectivity index (χ0v) is 14.0. The van der Waals surface area contributed by atoms with E-state index in [1.807, 2.05) is 18.2 Å². The molecule has 0 atom stereocenters. The molecule has 2 aromatic heterocycles. The van der Waals surface area contributed by atoms with Gasteiger partial charge in [-0.2, -0.15) is 4.98 Å². The van der Waals surface area contributed by atoms with Gasteiger partial charge in [0.25, 0.3) is 0 Å². The lowest BCUT2D eigenvalue weighted by Gasteiger charge is -2.08. The predicted octanol–water partition coefficient (Wildman–Crippen LogP) is 2.63. The van der Waals surface area contributed by atoms with E-state index in [2.05, 4.69) is 10.3 Å². The minimum Gasteiger partial charge on any atom is -0.492 e. The highest BCUT2D eigenvalue weighted by molar-refractivity contribution is 7.17. The van der Waals surface area contributed by atoms with Gasteiger partial charge >= 0.3 is 0 Å². The van der Waals surface area contributed by atoms with Gasteiger partial charge in [0.1, 0.15) is 0 Å². The van der Waals surface area contributed by atoms with Crippen LogP contribution in [-0.4, -0.2) is 21.9 Å². The number of nitrogens with zero attached hydrogens (tertiary/aromatic N) is 1. The number of thiophene rings is 1. The number of anilines is 1. The number of carbonyl (C=O) groups is 1. The summed E-state index contributed by atoms with van der Waals surface area (Å²) in [6.45, 7) is 0. The molecule has 1 saturated carbocycles. The van der Waals surface area contributed by atoms with Crippen molar-refractivity contribution in [1.82, 2.24) is 4.98 Å². The van der Waals surface area contributed by atoms with Crippen LogP contribution in [0.25, 0.3) is 12.2 Å². The van der Waals surface area contributed by atoms with Crippen molar-refractivity contribution in [3.05, 3.63) is 37.7 Å². The average Bonchev–Trinajstić information content (AvgIpc) is 3.22. The Morgan fingerprint density at radius 3 is 2.91 bits per heavy atom. The zero-order valence-electron chi connectivity index (χ0n) is 12.4. The Hall–Kier alpha value is -1.92. The monoisotopic (exact) mass is 344 g/mol. The summed E-state index contributed by atoms with van der Waals surface area (Å²) in [5, 5.41) is 14.2. The van der Waals surface area contributed by atoms with Crippen molar-refractivity contribution in [1.29, 1.82) is 0 Å². The summed E-state index contributed by atoms with van der Waals surface area (Å²) in [4.78, 5) is 16.8. The summed E-state index contributed by atoms with van der Waals surface area (Å²) in [6, 6.07) is 2.35. The molecule has 0 spiro atoms. The zero-order chi connectivity index (χ0) is 15.8. The van der Waals surface area contributed by atoms with Crippen LogP contribution in [-0.2, 0) is 0 Å². The normalized spacial score (nSPS) is 18.3. The highest BCUT2D eigenvalue weighted by Crippen LogP contribution is 2.31. The molecular formula is C17H16N2O2S2. The molecule has 2 heterocycles. The van der Waals surface area contributed by atoms with Crippen molar-refractivity contribution in [3.63, 3.8) is 0 Å². The molecule has 2 aliphatic carbocycles. The summed E-state index contributed by atoms with van der Waals surface area (Å²) in [5.74, 6) is 0.0887. The third-order valence-corrected chi connectivity index (χ3v) is 6.10. The molecule has 0 aliphatic heterocycles. The molecule has 0 saturated heterocycles. The minimum absolute atomic E-state index is 0.0375. The Balaban J connectivity index is 1.64. The van der Waals surface area contributed by atoms with Crippen LogP contribution < -0.4 is 14.4 Å². The Kier molecular flexibility index (Phi) is 3.79. The summed E-state index contributed by atoms with van der Waals surface area (Å²) in [6.07, 6.45) is 12.0. The van der Waals surface area contributed by atoms with E-state index < -0.39 is 0 Å². The lowest BCUT2D eigenvalue weighted by molar-refractivity contribution is 0.104. The van der Waals surface area contributed by atoms with Crippen LogP contribution in [0.4, 0.5) is 5.13 Å². The standard InChI is InChI=1S/C17H16N2O2S2/c20-13-6-3-7-14-12(13)8-11(22-14)9-15-16(21)19-17(23-15)18-10-4-1-2-5-10/h3,6-10,21H,1-2,4-5H2,(H,18,19)/b11-9-. The first kappa shape index (κ1) is 14.7. The maximum atomic E-state index is 11.8. The smallest absolute Gasteiger partial charge is 0.231 e. The van der Waals surface area contributed by atoms with E-state index in [4.69, 9.17) is 0 Å². The number of rotatable bonds is 3. The molecule has 0 amide bonds. The number of thiazole rings is 1. The summed E-state index contributed by atoms with van der Waals surface area (Å²) < 4.78 is 1.92. The topological polar surface area (TPSA) is 62.2 Å². The first-order valence-corrected chi connectivity index (χ1v) is 9.33. The van der Waals surface area contributed by atoms with Gasteiger partial charge in [-0.05, 0) is 37.1 Å². The van der Waals surface area contributed by atoms with E-state index in [-0.39, 0.29) is 11.7 Å². The van der Waals surface area contributed by atoms with E-state index in [0.717, 1.165) is 24.6 Å². The lowest BCUT2D eigenvalue weighted by Crippen LogP contribution is -2.13. The SMILES string of the molecule is O=C1C=CC=c2s/c(=C\c3sc(NC4CCCC4)nc3O)cc21. The van der Waals surface area contributed by atoms with Crippen molar-refractivity contribution >= 4 is 45.7 Å². The number of hydrogen-bond donors (Lipinski definition) is 2. The van der Waals surface area contributed by atoms with E-state index >= 15 is 0 Å². The molecule has 0 unspecified atom stereocenters. The van der Waals surface area contributed by atoms with Crippen molar-refractivity contribution in [3.8, 4) is 5.88 Å². The Morgan fingerprint density at radius 1 is 1.30 bits per heavy atom. The van der Waals surface area contributed by atoms with Crippen LogP contribution in [0.5, 0.6) is 5.88 Å². The molecule has 0 radical (unpaired) electrons. The number of allylic oxidation sites excluding steroid dienone is 2. The predicted molar refractivity (Wildman–Crippen MR) is 94.7 cm³/mol. The fourth-order valence-electron chi connectivity index (χ4n) is 2.98. The molecule has 23 heavy (non-hydrogen) atoms. The molecule has 4 nitrogen and oxygen atoms in total. The van der Waals surface area contributed by atoms with E-state index in [0.29, 0.717) is 6.04 Å². The van der Waals surface area contributed by atoms with Crippen molar-refractivity contribution < 1.29 is 9.90 Å². The average molecular weight is 344 g/mol. The van der Waals surface area contributed by atoms with E-state index in [1.54, 1.807) is 23.5 Å². The van der Waals surface area contributed by atoms with E-state index in [1.165, 1.54) is 37.0 Å². The number of aromatic nitrogens is 1. The summed E-state index contributed by atoms with van der Waals surface area (Å²) in [5.41, 5.74) is 0.733. The molecule has 0 bridgehead atoms. The highest BCUT2D eigenvalue weighted by Gasteiger charge is 2.17. The second-order valence-corrected chi connectivity index (χ2v) is 7.94. The van der Waals surface area contributed by atoms with Crippen LogP contribution >= 0.6 is 22.7 Å². The first-order chi connectivity index (χ1) is 11.2. The fraction of sp³-hybridized carbons (Fsp3) is 0.294. The lowest BCUT2D eigenvalue weighted by atomic mass is 10.1. The molecule has 6 heteroatoms. The Bertz CT molecular complexity index is 902. The molecule has 2 N–H and O–H groups in total. The number of carbonyl (C=O) groups excluding carboxylic acids is 1. The third-order valence-electron chi connectivity index (χ3n) is 4.13. The number of hydrogen-bond acceptors (Lipinski definition) is 6. The number of aromatic hydroxyl groups is 1. The highest BCUT2D eigenvalue weighted by atomic mass is 32.1. The van der Waals surface area contributed by atoms with Crippen molar-refractivity contribution in [2.45, 2.75) is 31.7 Å².